The fourth-order valence-corrected chi connectivity index (χ4v) is 3.35. The second-order valence-electron chi connectivity index (χ2n) is 4.70. The highest BCUT2D eigenvalue weighted by Crippen LogP contribution is 2.16. The van der Waals surface area contributed by atoms with Crippen LogP contribution in [0.2, 0.25) is 0 Å². The summed E-state index contributed by atoms with van der Waals surface area (Å²) in [5, 5.41) is 0. The highest BCUT2D eigenvalue weighted by Gasteiger charge is 2.23. The number of hydrogen-bond acceptors (Lipinski definition) is 3. The number of sulfonamides is 1. The fraction of sp³-hybridized carbons (Fsp3) is 0.500. The molecule has 1 heterocycles. The van der Waals surface area contributed by atoms with Crippen molar-refractivity contribution in [2.45, 2.75) is 11.3 Å². The van der Waals surface area contributed by atoms with Crippen LogP contribution in [-0.4, -0.2) is 40.0 Å². The van der Waals surface area contributed by atoms with E-state index in [0.29, 0.717) is 12.5 Å². The standard InChI is InChI=1S/C12H17FN2O2S/c1-15-7-6-10(9-15)8-14-18(16,17)12-5-3-2-4-11(12)13/h2-5,10,14H,6-9H2,1H3. The second kappa shape index (κ2) is 5.34. The molecule has 1 N–H and O–H groups in total. The van der Waals surface area contributed by atoms with Gasteiger partial charge < -0.3 is 4.90 Å². The third kappa shape index (κ3) is 3.07. The molecular formula is C12H17FN2O2S. The van der Waals surface area contributed by atoms with Gasteiger partial charge in [0.2, 0.25) is 10.0 Å². The highest BCUT2D eigenvalue weighted by molar-refractivity contribution is 7.89. The number of nitrogens with zero attached hydrogens (tertiary/aromatic N) is 1. The Morgan fingerprint density at radius 2 is 2.17 bits per heavy atom. The van der Waals surface area contributed by atoms with Crippen molar-refractivity contribution in [1.82, 2.24) is 9.62 Å². The van der Waals surface area contributed by atoms with Gasteiger partial charge in [0.25, 0.3) is 0 Å². The first-order valence-electron chi connectivity index (χ1n) is 5.92. The van der Waals surface area contributed by atoms with Crippen LogP contribution in [0.3, 0.4) is 0 Å². The van der Waals surface area contributed by atoms with Gasteiger partial charge in [-0.2, -0.15) is 0 Å². The van der Waals surface area contributed by atoms with Gasteiger partial charge in [0, 0.05) is 13.1 Å². The molecule has 0 aliphatic carbocycles. The van der Waals surface area contributed by atoms with E-state index in [2.05, 4.69) is 9.62 Å². The SMILES string of the molecule is CN1CCC(CNS(=O)(=O)c2ccccc2F)C1. The van der Waals surface area contributed by atoms with E-state index < -0.39 is 15.8 Å². The average Bonchev–Trinajstić information content (AvgIpc) is 2.73. The van der Waals surface area contributed by atoms with Gasteiger partial charge in [-0.3, -0.25) is 0 Å². The number of hydrogen-bond donors (Lipinski definition) is 1. The summed E-state index contributed by atoms with van der Waals surface area (Å²) in [5.41, 5.74) is 0. The van der Waals surface area contributed by atoms with E-state index in [1.54, 1.807) is 0 Å². The second-order valence-corrected chi connectivity index (χ2v) is 6.43. The summed E-state index contributed by atoms with van der Waals surface area (Å²) in [6, 6.07) is 5.41. The lowest BCUT2D eigenvalue weighted by atomic mass is 10.1. The molecule has 100 valence electrons. The van der Waals surface area contributed by atoms with Crippen LogP contribution in [-0.2, 0) is 10.0 Å². The van der Waals surface area contributed by atoms with Gasteiger partial charge in [0.05, 0.1) is 0 Å². The Labute approximate surface area is 107 Å². The monoisotopic (exact) mass is 272 g/mol. The van der Waals surface area contributed by atoms with Gasteiger partial charge >= 0.3 is 0 Å². The molecule has 0 aromatic heterocycles. The third-order valence-electron chi connectivity index (χ3n) is 3.18. The molecule has 1 aromatic rings. The molecule has 1 aliphatic heterocycles. The van der Waals surface area contributed by atoms with Crippen molar-refractivity contribution in [3.8, 4) is 0 Å². The lowest BCUT2D eigenvalue weighted by Crippen LogP contribution is -2.31. The summed E-state index contributed by atoms with van der Waals surface area (Å²) >= 11 is 0. The van der Waals surface area contributed by atoms with E-state index in [4.69, 9.17) is 0 Å². The van der Waals surface area contributed by atoms with Gasteiger partial charge in [-0.15, -0.1) is 0 Å². The predicted octanol–water partition coefficient (Wildman–Crippen LogP) is 1.06. The van der Waals surface area contributed by atoms with Crippen molar-refractivity contribution in [1.29, 1.82) is 0 Å². The molecule has 18 heavy (non-hydrogen) atoms. The molecular weight excluding hydrogens is 255 g/mol. The minimum atomic E-state index is -3.74. The summed E-state index contributed by atoms with van der Waals surface area (Å²) in [6.45, 7) is 2.22. The Bertz CT molecular complexity index is 519. The molecule has 0 radical (unpaired) electrons. The molecule has 6 heteroatoms. The Kier molecular flexibility index (Phi) is 3.99. The van der Waals surface area contributed by atoms with Gasteiger partial charge in [-0.1, -0.05) is 12.1 Å². The fourth-order valence-electron chi connectivity index (χ4n) is 2.16. The van der Waals surface area contributed by atoms with Crippen LogP contribution in [0.1, 0.15) is 6.42 Å². The predicted molar refractivity (Wildman–Crippen MR) is 67.2 cm³/mol. The number of likely N-dealkylation sites (tertiary alicyclic amines) is 1. The maximum absolute atomic E-state index is 13.4. The van der Waals surface area contributed by atoms with Crippen LogP contribution in [0.5, 0.6) is 0 Å². The Hall–Kier alpha value is -0.980. The van der Waals surface area contributed by atoms with Crippen LogP contribution in [0.4, 0.5) is 4.39 Å². The number of rotatable bonds is 4. The van der Waals surface area contributed by atoms with Crippen LogP contribution in [0.15, 0.2) is 29.2 Å². The van der Waals surface area contributed by atoms with Gasteiger partial charge in [-0.05, 0) is 38.1 Å². The van der Waals surface area contributed by atoms with Crippen molar-refractivity contribution in [2.24, 2.45) is 5.92 Å². The highest BCUT2D eigenvalue weighted by atomic mass is 32.2. The number of halogens is 1. The molecule has 1 fully saturated rings. The summed E-state index contributed by atoms with van der Waals surface area (Å²) in [4.78, 5) is 1.87. The van der Waals surface area contributed by atoms with Gasteiger partial charge in [0.1, 0.15) is 10.7 Å². The smallest absolute Gasteiger partial charge is 0.243 e. The first kappa shape index (κ1) is 13.5. The lowest BCUT2D eigenvalue weighted by molar-refractivity contribution is 0.394. The summed E-state index contributed by atoms with van der Waals surface area (Å²) in [5.74, 6) is -0.412. The summed E-state index contributed by atoms with van der Waals surface area (Å²) in [6.07, 6.45) is 0.969. The number of benzene rings is 1. The maximum atomic E-state index is 13.4. The van der Waals surface area contributed by atoms with Crippen LogP contribution in [0.25, 0.3) is 0 Å². The molecule has 2 rings (SSSR count). The largest absolute Gasteiger partial charge is 0.306 e. The maximum Gasteiger partial charge on any atom is 0.243 e. The van der Waals surface area contributed by atoms with Crippen molar-refractivity contribution >= 4 is 10.0 Å². The summed E-state index contributed by atoms with van der Waals surface area (Å²) < 4.78 is 39.8. The topological polar surface area (TPSA) is 49.4 Å². The zero-order chi connectivity index (χ0) is 13.2. The third-order valence-corrected chi connectivity index (χ3v) is 4.63. The quantitative estimate of drug-likeness (QED) is 0.891. The minimum absolute atomic E-state index is 0.281. The van der Waals surface area contributed by atoms with E-state index in [9.17, 15) is 12.8 Å². The molecule has 0 amide bonds. The molecule has 0 saturated carbocycles. The molecule has 0 spiro atoms. The first-order valence-corrected chi connectivity index (χ1v) is 7.40. The lowest BCUT2D eigenvalue weighted by Gasteiger charge is -2.12. The van der Waals surface area contributed by atoms with Gasteiger partial charge in [0.15, 0.2) is 0 Å². The van der Waals surface area contributed by atoms with Gasteiger partial charge in [-0.25, -0.2) is 17.5 Å². The van der Waals surface area contributed by atoms with Crippen molar-refractivity contribution < 1.29 is 12.8 Å². The van der Waals surface area contributed by atoms with Crippen LogP contribution in [0, 0.1) is 11.7 Å². The van der Waals surface area contributed by atoms with E-state index in [1.807, 2.05) is 7.05 Å². The Morgan fingerprint density at radius 3 is 2.78 bits per heavy atom. The molecule has 1 unspecified atom stereocenters. The molecule has 0 bridgehead atoms. The normalized spacial score (nSPS) is 21.3. The van der Waals surface area contributed by atoms with E-state index >= 15 is 0 Å². The van der Waals surface area contributed by atoms with E-state index in [-0.39, 0.29) is 4.90 Å². The van der Waals surface area contributed by atoms with E-state index in [0.717, 1.165) is 25.6 Å². The zero-order valence-electron chi connectivity index (χ0n) is 10.3. The molecule has 1 aliphatic rings. The molecule has 4 nitrogen and oxygen atoms in total. The van der Waals surface area contributed by atoms with Crippen molar-refractivity contribution in [2.75, 3.05) is 26.7 Å². The van der Waals surface area contributed by atoms with Crippen LogP contribution < -0.4 is 4.72 Å². The minimum Gasteiger partial charge on any atom is -0.306 e. The Balaban J connectivity index is 2.02. The molecule has 1 atom stereocenters. The molecule has 1 saturated heterocycles. The Morgan fingerprint density at radius 1 is 1.44 bits per heavy atom. The first-order chi connectivity index (χ1) is 8.49. The zero-order valence-corrected chi connectivity index (χ0v) is 11.1. The van der Waals surface area contributed by atoms with Crippen molar-refractivity contribution in [3.05, 3.63) is 30.1 Å². The summed E-state index contributed by atoms with van der Waals surface area (Å²) in [7, 11) is -1.73. The van der Waals surface area contributed by atoms with Crippen molar-refractivity contribution in [3.63, 3.8) is 0 Å². The van der Waals surface area contributed by atoms with Crippen LogP contribution >= 0.6 is 0 Å². The van der Waals surface area contributed by atoms with E-state index in [1.165, 1.54) is 18.2 Å². The molecule has 1 aromatic carbocycles. The number of nitrogens with one attached hydrogen (secondary N) is 1. The average molecular weight is 272 g/mol.